The first kappa shape index (κ1) is 25.4. The Bertz CT molecular complexity index is 908. The summed E-state index contributed by atoms with van der Waals surface area (Å²) in [6, 6.07) is 10.9. The zero-order valence-electron chi connectivity index (χ0n) is 21.1. The van der Waals surface area contributed by atoms with Crippen LogP contribution in [0.3, 0.4) is 0 Å². The maximum Gasteiger partial charge on any atom is 0.131 e. The molecule has 2 aromatic carbocycles. The van der Waals surface area contributed by atoms with Crippen molar-refractivity contribution in [2.45, 2.75) is 96.3 Å². The van der Waals surface area contributed by atoms with Crippen molar-refractivity contribution in [1.29, 1.82) is 0 Å². The number of hydrogen-bond donors (Lipinski definition) is 0. The fourth-order valence-corrected chi connectivity index (χ4v) is 6.26. The summed E-state index contributed by atoms with van der Waals surface area (Å²) < 4.78 is 36.0. The maximum absolute atomic E-state index is 15.1. The third-order valence-electron chi connectivity index (χ3n) is 8.31. The van der Waals surface area contributed by atoms with Gasteiger partial charge in [0.1, 0.15) is 11.6 Å². The van der Waals surface area contributed by atoms with Crippen LogP contribution in [0.5, 0.6) is 0 Å². The van der Waals surface area contributed by atoms with Gasteiger partial charge >= 0.3 is 0 Å². The second-order valence-corrected chi connectivity index (χ2v) is 10.8. The second-order valence-electron chi connectivity index (χ2n) is 10.8. The lowest BCUT2D eigenvalue weighted by Crippen LogP contribution is -2.18. The molecule has 0 aliphatic heterocycles. The number of benzene rings is 2. The first-order chi connectivity index (χ1) is 16.6. The van der Waals surface area contributed by atoms with Gasteiger partial charge in [-0.15, -0.1) is 0 Å². The van der Waals surface area contributed by atoms with Crippen LogP contribution in [-0.2, 0) is 4.74 Å². The molecular formula is C31H42F2O. The van der Waals surface area contributed by atoms with Crippen molar-refractivity contribution < 1.29 is 13.5 Å². The molecule has 34 heavy (non-hydrogen) atoms. The van der Waals surface area contributed by atoms with E-state index in [2.05, 4.69) is 13.8 Å². The van der Waals surface area contributed by atoms with E-state index in [-0.39, 0.29) is 11.6 Å². The Hall–Kier alpha value is -1.74. The van der Waals surface area contributed by atoms with Crippen LogP contribution in [0.25, 0.3) is 11.1 Å². The topological polar surface area (TPSA) is 9.23 Å². The fourth-order valence-electron chi connectivity index (χ4n) is 6.26. The number of halogens is 2. The van der Waals surface area contributed by atoms with Crippen LogP contribution in [0.2, 0.25) is 0 Å². The highest BCUT2D eigenvalue weighted by atomic mass is 19.1. The predicted octanol–water partition coefficient (Wildman–Crippen LogP) is 9.41. The van der Waals surface area contributed by atoms with E-state index in [0.29, 0.717) is 28.9 Å². The van der Waals surface area contributed by atoms with E-state index in [4.69, 9.17) is 4.74 Å². The molecule has 4 rings (SSSR count). The van der Waals surface area contributed by atoms with Crippen molar-refractivity contribution in [2.75, 3.05) is 13.2 Å². The van der Waals surface area contributed by atoms with E-state index in [9.17, 15) is 0 Å². The molecule has 0 heterocycles. The van der Waals surface area contributed by atoms with E-state index in [1.54, 1.807) is 24.3 Å². The molecular weight excluding hydrogens is 426 g/mol. The van der Waals surface area contributed by atoms with Gasteiger partial charge in [-0.05, 0) is 105 Å². The van der Waals surface area contributed by atoms with Crippen LogP contribution in [0.1, 0.15) is 107 Å². The lowest BCUT2D eigenvalue weighted by atomic mass is 9.77. The van der Waals surface area contributed by atoms with Crippen molar-refractivity contribution in [3.8, 4) is 11.1 Å². The molecule has 2 aliphatic carbocycles. The Kier molecular flexibility index (Phi) is 9.17. The average molecular weight is 469 g/mol. The first-order valence-electron chi connectivity index (χ1n) is 13.8. The molecule has 0 amide bonds. The summed E-state index contributed by atoms with van der Waals surface area (Å²) in [5.41, 5.74) is 2.88. The van der Waals surface area contributed by atoms with Gasteiger partial charge in [-0.3, -0.25) is 0 Å². The molecule has 0 radical (unpaired) electrons. The lowest BCUT2D eigenvalue weighted by molar-refractivity contribution is 0.0831. The van der Waals surface area contributed by atoms with E-state index in [1.807, 2.05) is 12.1 Å². The average Bonchev–Trinajstić information content (AvgIpc) is 2.86. The third-order valence-corrected chi connectivity index (χ3v) is 8.31. The van der Waals surface area contributed by atoms with Crippen LogP contribution in [0.4, 0.5) is 8.78 Å². The van der Waals surface area contributed by atoms with Crippen molar-refractivity contribution in [3.63, 3.8) is 0 Å². The molecule has 2 saturated carbocycles. The molecule has 0 N–H and O–H groups in total. The fraction of sp³-hybridized carbons (Fsp3) is 0.613. The third kappa shape index (κ3) is 6.27. The maximum atomic E-state index is 15.1. The highest BCUT2D eigenvalue weighted by Gasteiger charge is 2.25. The van der Waals surface area contributed by atoms with Crippen molar-refractivity contribution in [3.05, 3.63) is 59.2 Å². The van der Waals surface area contributed by atoms with Crippen molar-refractivity contribution >= 4 is 0 Å². The minimum absolute atomic E-state index is 0.299. The van der Waals surface area contributed by atoms with Crippen LogP contribution in [0.15, 0.2) is 36.4 Å². The largest absolute Gasteiger partial charge is 0.381 e. The molecule has 2 aromatic rings. The van der Waals surface area contributed by atoms with E-state index >= 15 is 8.78 Å². The highest BCUT2D eigenvalue weighted by Crippen LogP contribution is 2.40. The molecule has 2 fully saturated rings. The first-order valence-corrected chi connectivity index (χ1v) is 13.8. The zero-order valence-corrected chi connectivity index (χ0v) is 21.1. The SMILES string of the molecule is CCCOCC1CCC(c2ccc(-c3ccc(C4CCC(CCC)CC4)cc3F)c(F)c2)CC1. The van der Waals surface area contributed by atoms with Gasteiger partial charge in [0.05, 0.1) is 0 Å². The number of ether oxygens (including phenoxy) is 1. The Morgan fingerprint density at radius 2 is 1.18 bits per heavy atom. The standard InChI is InChI=1S/C31H42F2O/c1-3-5-22-6-10-24(11-7-22)26-14-16-28(30(32)19-26)29-17-15-27(20-31(29)33)25-12-8-23(9-13-25)21-34-18-4-2/h14-17,19-20,22-25H,3-13,18,21H2,1-2H3. The van der Waals surface area contributed by atoms with Gasteiger partial charge in [-0.1, -0.05) is 51.0 Å². The minimum Gasteiger partial charge on any atom is -0.381 e. The van der Waals surface area contributed by atoms with Gasteiger partial charge in [-0.25, -0.2) is 8.78 Å². The smallest absolute Gasteiger partial charge is 0.131 e. The van der Waals surface area contributed by atoms with Crippen LogP contribution < -0.4 is 0 Å². The predicted molar refractivity (Wildman–Crippen MR) is 137 cm³/mol. The van der Waals surface area contributed by atoms with E-state index in [1.165, 1.54) is 25.7 Å². The van der Waals surface area contributed by atoms with Crippen LogP contribution in [0, 0.1) is 23.5 Å². The molecule has 1 nitrogen and oxygen atoms in total. The summed E-state index contributed by atoms with van der Waals surface area (Å²) in [6.07, 6.45) is 12.8. The molecule has 0 aromatic heterocycles. The quantitative estimate of drug-likeness (QED) is 0.333. The number of rotatable bonds is 9. The Labute approximate surface area is 205 Å². The monoisotopic (exact) mass is 468 g/mol. The van der Waals surface area contributed by atoms with Gasteiger partial charge in [0, 0.05) is 24.3 Å². The summed E-state index contributed by atoms with van der Waals surface area (Å²) >= 11 is 0. The van der Waals surface area contributed by atoms with Crippen LogP contribution in [-0.4, -0.2) is 13.2 Å². The summed E-state index contributed by atoms with van der Waals surface area (Å²) in [7, 11) is 0. The van der Waals surface area contributed by atoms with Gasteiger partial charge in [0.25, 0.3) is 0 Å². The molecule has 2 aliphatic rings. The molecule has 186 valence electrons. The van der Waals surface area contributed by atoms with Gasteiger partial charge in [0.15, 0.2) is 0 Å². The Balaban J connectivity index is 1.38. The van der Waals surface area contributed by atoms with E-state index < -0.39 is 0 Å². The molecule has 0 saturated heterocycles. The molecule has 3 heteroatoms. The summed E-state index contributed by atoms with van der Waals surface area (Å²) in [6.45, 7) is 6.07. The molecule has 0 atom stereocenters. The van der Waals surface area contributed by atoms with Gasteiger partial charge < -0.3 is 4.74 Å². The normalized spacial score (nSPS) is 25.4. The summed E-state index contributed by atoms with van der Waals surface area (Å²) in [5, 5.41) is 0. The van der Waals surface area contributed by atoms with Crippen LogP contribution >= 0.6 is 0 Å². The van der Waals surface area contributed by atoms with Gasteiger partial charge in [0.2, 0.25) is 0 Å². The minimum atomic E-state index is -0.308. The highest BCUT2D eigenvalue weighted by molar-refractivity contribution is 5.66. The van der Waals surface area contributed by atoms with E-state index in [0.717, 1.165) is 75.2 Å². The summed E-state index contributed by atoms with van der Waals surface area (Å²) in [4.78, 5) is 0. The van der Waals surface area contributed by atoms with Gasteiger partial charge in [-0.2, -0.15) is 0 Å². The summed E-state index contributed by atoms with van der Waals surface area (Å²) in [5.74, 6) is 1.68. The van der Waals surface area contributed by atoms with Crippen molar-refractivity contribution in [1.82, 2.24) is 0 Å². The Morgan fingerprint density at radius 3 is 1.62 bits per heavy atom. The molecule has 0 bridgehead atoms. The lowest BCUT2D eigenvalue weighted by Gasteiger charge is -2.29. The zero-order chi connectivity index (χ0) is 23.9. The molecule has 0 spiro atoms. The number of hydrogen-bond acceptors (Lipinski definition) is 1. The Morgan fingerprint density at radius 1 is 0.676 bits per heavy atom. The second kappa shape index (κ2) is 12.3. The molecule has 0 unspecified atom stereocenters. The van der Waals surface area contributed by atoms with Crippen molar-refractivity contribution in [2.24, 2.45) is 11.8 Å².